The summed E-state index contributed by atoms with van der Waals surface area (Å²) in [7, 11) is 0. The van der Waals surface area contributed by atoms with Crippen molar-refractivity contribution in [1.82, 2.24) is 15.1 Å². The lowest BCUT2D eigenvalue weighted by Crippen LogP contribution is -2.28. The quantitative estimate of drug-likeness (QED) is 0.638. The molecule has 5 nitrogen and oxygen atoms in total. The van der Waals surface area contributed by atoms with Gasteiger partial charge in [0.2, 0.25) is 5.91 Å². The van der Waals surface area contributed by atoms with Gasteiger partial charge in [0.1, 0.15) is 0 Å². The second kappa shape index (κ2) is 9.53. The predicted molar refractivity (Wildman–Crippen MR) is 120 cm³/mol. The highest BCUT2D eigenvalue weighted by atomic mass is 16.2. The molecule has 5 heteroatoms. The molecule has 156 valence electrons. The van der Waals surface area contributed by atoms with Crippen LogP contribution in [0.15, 0.2) is 59.4 Å². The Kier molecular flexibility index (Phi) is 6.83. The van der Waals surface area contributed by atoms with Gasteiger partial charge in [-0.25, -0.2) is 4.68 Å². The molecule has 1 amide bonds. The number of rotatable bonds is 7. The number of hydrogen-bond donors (Lipinski definition) is 1. The van der Waals surface area contributed by atoms with E-state index >= 15 is 0 Å². The Morgan fingerprint density at radius 2 is 1.73 bits per heavy atom. The van der Waals surface area contributed by atoms with Crippen LogP contribution in [-0.2, 0) is 17.9 Å². The van der Waals surface area contributed by atoms with Crippen LogP contribution in [0.1, 0.15) is 48.4 Å². The highest BCUT2D eigenvalue weighted by Gasteiger charge is 2.08. The van der Waals surface area contributed by atoms with Gasteiger partial charge in [0.25, 0.3) is 5.56 Å². The second-order valence-electron chi connectivity index (χ2n) is 8.00. The number of carbonyl (C=O) groups is 1. The fraction of sp³-hybridized carbons (Fsp3) is 0.320. The van der Waals surface area contributed by atoms with Crippen molar-refractivity contribution in [3.63, 3.8) is 0 Å². The maximum absolute atomic E-state index is 12.3. The summed E-state index contributed by atoms with van der Waals surface area (Å²) in [6.07, 6.45) is 0.202. The molecule has 1 N–H and O–H groups in total. The molecule has 3 rings (SSSR count). The molecule has 0 saturated heterocycles. The van der Waals surface area contributed by atoms with Gasteiger partial charge < -0.3 is 5.32 Å². The van der Waals surface area contributed by atoms with Crippen LogP contribution in [0.5, 0.6) is 0 Å². The monoisotopic (exact) mass is 403 g/mol. The van der Waals surface area contributed by atoms with E-state index in [1.807, 2.05) is 24.3 Å². The third kappa shape index (κ3) is 5.44. The van der Waals surface area contributed by atoms with Gasteiger partial charge >= 0.3 is 0 Å². The van der Waals surface area contributed by atoms with E-state index in [0.29, 0.717) is 12.5 Å². The van der Waals surface area contributed by atoms with E-state index in [1.54, 1.807) is 6.07 Å². The number of hydrogen-bond acceptors (Lipinski definition) is 3. The van der Waals surface area contributed by atoms with Crippen LogP contribution in [0.4, 0.5) is 0 Å². The Morgan fingerprint density at radius 3 is 2.40 bits per heavy atom. The highest BCUT2D eigenvalue weighted by molar-refractivity contribution is 5.75. The molecule has 0 spiro atoms. The maximum atomic E-state index is 12.3. The van der Waals surface area contributed by atoms with Gasteiger partial charge in [0.15, 0.2) is 0 Å². The summed E-state index contributed by atoms with van der Waals surface area (Å²) in [4.78, 5) is 24.4. The van der Waals surface area contributed by atoms with E-state index in [4.69, 9.17) is 0 Å². The molecule has 1 aromatic heterocycles. The lowest BCUT2D eigenvalue weighted by molar-refractivity contribution is -0.121. The van der Waals surface area contributed by atoms with Crippen LogP contribution >= 0.6 is 0 Å². The Labute approximate surface area is 177 Å². The van der Waals surface area contributed by atoms with Crippen LogP contribution in [0.2, 0.25) is 0 Å². The standard InChI is InChI=1S/C25H29N3O2/c1-17(2)21-9-6-20(7-10-21)16-26-24(29)13-14-28-25(30)12-11-23(27-28)22-8-5-18(3)19(4)15-22/h5-12,15,17H,13-14,16H2,1-4H3,(H,26,29). The molecule has 0 aliphatic rings. The first-order valence-electron chi connectivity index (χ1n) is 10.3. The molecule has 0 atom stereocenters. The van der Waals surface area contributed by atoms with Crippen LogP contribution in [0.25, 0.3) is 11.3 Å². The Bertz CT molecular complexity index is 1080. The minimum absolute atomic E-state index is 0.104. The van der Waals surface area contributed by atoms with Gasteiger partial charge in [0.05, 0.1) is 12.2 Å². The predicted octanol–water partition coefficient (Wildman–Crippen LogP) is 4.36. The SMILES string of the molecule is Cc1ccc(-c2ccc(=O)n(CCC(=O)NCc3ccc(C(C)C)cc3)n2)cc1C. The Morgan fingerprint density at radius 1 is 1.00 bits per heavy atom. The molecule has 0 saturated carbocycles. The molecule has 2 aromatic carbocycles. The molecule has 0 bridgehead atoms. The van der Waals surface area contributed by atoms with E-state index in [9.17, 15) is 9.59 Å². The fourth-order valence-corrected chi connectivity index (χ4v) is 3.18. The average molecular weight is 404 g/mol. The van der Waals surface area contributed by atoms with E-state index < -0.39 is 0 Å². The van der Waals surface area contributed by atoms with Gasteiger partial charge in [-0.05, 0) is 54.2 Å². The average Bonchev–Trinajstić information content (AvgIpc) is 2.74. The number of benzene rings is 2. The first-order chi connectivity index (χ1) is 14.3. The third-order valence-corrected chi connectivity index (χ3v) is 5.36. The van der Waals surface area contributed by atoms with E-state index in [1.165, 1.54) is 27.4 Å². The van der Waals surface area contributed by atoms with Crippen molar-refractivity contribution in [3.05, 3.63) is 87.2 Å². The molecule has 0 fully saturated rings. The summed E-state index contributed by atoms with van der Waals surface area (Å²) in [6, 6.07) is 17.6. The van der Waals surface area contributed by atoms with Crippen molar-refractivity contribution in [3.8, 4) is 11.3 Å². The van der Waals surface area contributed by atoms with Gasteiger partial charge in [-0.1, -0.05) is 50.2 Å². The zero-order valence-corrected chi connectivity index (χ0v) is 18.1. The van der Waals surface area contributed by atoms with E-state index in [0.717, 1.165) is 16.8 Å². The first-order valence-corrected chi connectivity index (χ1v) is 10.3. The molecule has 30 heavy (non-hydrogen) atoms. The zero-order valence-electron chi connectivity index (χ0n) is 18.1. The molecule has 1 heterocycles. The summed E-state index contributed by atoms with van der Waals surface area (Å²) in [5.74, 6) is 0.382. The van der Waals surface area contributed by atoms with Crippen LogP contribution in [-0.4, -0.2) is 15.7 Å². The normalized spacial score (nSPS) is 11.0. The molecule has 0 aliphatic heterocycles. The van der Waals surface area contributed by atoms with Gasteiger partial charge in [-0.15, -0.1) is 0 Å². The van der Waals surface area contributed by atoms with Gasteiger partial charge in [-0.3, -0.25) is 9.59 Å². The third-order valence-electron chi connectivity index (χ3n) is 5.36. The smallest absolute Gasteiger partial charge is 0.266 e. The lowest BCUT2D eigenvalue weighted by atomic mass is 10.0. The summed E-state index contributed by atoms with van der Waals surface area (Å²) in [5.41, 5.74) is 6.19. The molecule has 0 radical (unpaired) electrons. The molecule has 0 unspecified atom stereocenters. The maximum Gasteiger partial charge on any atom is 0.266 e. The minimum atomic E-state index is -0.209. The summed E-state index contributed by atoms with van der Waals surface area (Å²) in [5, 5.41) is 7.37. The van der Waals surface area contributed by atoms with Crippen LogP contribution < -0.4 is 10.9 Å². The van der Waals surface area contributed by atoms with Crippen molar-refractivity contribution < 1.29 is 4.79 Å². The number of aromatic nitrogens is 2. The summed E-state index contributed by atoms with van der Waals surface area (Å²) in [6.45, 7) is 9.14. The number of aryl methyl sites for hydroxylation is 3. The van der Waals surface area contributed by atoms with Crippen molar-refractivity contribution in [2.45, 2.75) is 53.1 Å². The van der Waals surface area contributed by atoms with Crippen molar-refractivity contribution in [1.29, 1.82) is 0 Å². The van der Waals surface area contributed by atoms with Crippen molar-refractivity contribution in [2.24, 2.45) is 0 Å². The largest absolute Gasteiger partial charge is 0.352 e. The minimum Gasteiger partial charge on any atom is -0.352 e. The number of nitrogens with zero attached hydrogens (tertiary/aromatic N) is 2. The zero-order chi connectivity index (χ0) is 21.7. The van der Waals surface area contributed by atoms with Crippen molar-refractivity contribution in [2.75, 3.05) is 0 Å². The second-order valence-corrected chi connectivity index (χ2v) is 8.00. The van der Waals surface area contributed by atoms with Gasteiger partial charge in [0, 0.05) is 24.6 Å². The number of amides is 1. The molecule has 0 aliphatic carbocycles. The van der Waals surface area contributed by atoms with Gasteiger partial charge in [-0.2, -0.15) is 5.10 Å². The van der Waals surface area contributed by atoms with Crippen molar-refractivity contribution >= 4 is 5.91 Å². The first kappa shape index (κ1) is 21.5. The Balaban J connectivity index is 1.60. The molecular weight excluding hydrogens is 374 g/mol. The topological polar surface area (TPSA) is 64.0 Å². The highest BCUT2D eigenvalue weighted by Crippen LogP contribution is 2.19. The fourth-order valence-electron chi connectivity index (χ4n) is 3.18. The lowest BCUT2D eigenvalue weighted by Gasteiger charge is -2.10. The molecular formula is C25H29N3O2. The van der Waals surface area contributed by atoms with Crippen LogP contribution in [0, 0.1) is 13.8 Å². The van der Waals surface area contributed by atoms with E-state index in [-0.39, 0.29) is 24.4 Å². The van der Waals surface area contributed by atoms with Crippen LogP contribution in [0.3, 0.4) is 0 Å². The summed E-state index contributed by atoms with van der Waals surface area (Å²) >= 11 is 0. The molecule has 3 aromatic rings. The number of nitrogens with one attached hydrogen (secondary N) is 1. The Hall–Kier alpha value is -3.21. The number of carbonyl (C=O) groups excluding carboxylic acids is 1. The summed E-state index contributed by atoms with van der Waals surface area (Å²) < 4.78 is 1.36. The van der Waals surface area contributed by atoms with E-state index in [2.05, 4.69) is 56.3 Å².